The van der Waals surface area contributed by atoms with Crippen molar-refractivity contribution < 1.29 is 57.5 Å². The van der Waals surface area contributed by atoms with Crippen molar-refractivity contribution in [3.05, 3.63) is 34.4 Å². The fraction of sp³-hybridized carbons (Fsp3) is 0.720. The third kappa shape index (κ3) is 22.3. The normalized spacial score (nSPS) is 11.1. The molecule has 0 bridgehead atoms. The molecule has 0 aliphatic heterocycles. The highest BCUT2D eigenvalue weighted by Gasteiger charge is 2.08. The van der Waals surface area contributed by atoms with Gasteiger partial charge in [-0.05, 0) is 12.1 Å². The van der Waals surface area contributed by atoms with Crippen LogP contribution in [0.25, 0.3) is 0 Å². The van der Waals surface area contributed by atoms with Crippen LogP contribution < -0.4 is 4.74 Å². The number of benzene rings is 1. The molecule has 0 atom stereocenters. The van der Waals surface area contributed by atoms with Gasteiger partial charge in [-0.3, -0.25) is 14.9 Å². The summed E-state index contributed by atoms with van der Waals surface area (Å²) >= 11 is 0. The Kier molecular flexibility index (Phi) is 23.2. The second-order valence-corrected chi connectivity index (χ2v) is 7.60. The summed E-state index contributed by atoms with van der Waals surface area (Å²) in [6.45, 7) is 6.76. The Hall–Kier alpha value is -2.27. The van der Waals surface area contributed by atoms with Crippen molar-refractivity contribution in [3.63, 3.8) is 0 Å². The second kappa shape index (κ2) is 26.0. The van der Waals surface area contributed by atoms with Gasteiger partial charge in [0, 0.05) is 12.1 Å². The van der Waals surface area contributed by atoms with Crippen LogP contribution in [0.5, 0.6) is 5.75 Å². The van der Waals surface area contributed by atoms with E-state index in [1.165, 1.54) is 24.3 Å². The molecule has 0 saturated heterocycles. The minimum absolute atomic E-state index is 0.0133. The summed E-state index contributed by atoms with van der Waals surface area (Å²) in [5.74, 6) is -0.248. The molecule has 14 heteroatoms. The topological polar surface area (TPSA) is 164 Å². The number of rotatable bonds is 28. The predicted octanol–water partition coefficient (Wildman–Crippen LogP) is 1.02. The van der Waals surface area contributed by atoms with Gasteiger partial charge in [-0.2, -0.15) is 0 Å². The molecule has 0 aromatic heterocycles. The van der Waals surface area contributed by atoms with Gasteiger partial charge >= 0.3 is 5.97 Å². The van der Waals surface area contributed by atoms with Gasteiger partial charge in [0.2, 0.25) is 0 Å². The molecule has 0 fully saturated rings. The fourth-order valence-corrected chi connectivity index (χ4v) is 2.68. The van der Waals surface area contributed by atoms with E-state index in [1.54, 1.807) is 0 Å². The average molecular weight is 564 g/mol. The zero-order valence-electron chi connectivity index (χ0n) is 22.3. The van der Waals surface area contributed by atoms with E-state index in [0.717, 1.165) is 0 Å². The first-order valence-electron chi connectivity index (χ1n) is 12.8. The SMILES string of the molecule is O=C(CCOCCOCCOCCOCCOCCOCCOCCOCCO)Oc1ccc([N+](=O)[O-])cc1. The van der Waals surface area contributed by atoms with E-state index in [4.69, 9.17) is 47.7 Å². The van der Waals surface area contributed by atoms with Crippen molar-refractivity contribution in [1.29, 1.82) is 0 Å². The van der Waals surface area contributed by atoms with Gasteiger partial charge in [0.25, 0.3) is 5.69 Å². The minimum Gasteiger partial charge on any atom is -0.426 e. The third-order valence-corrected chi connectivity index (χ3v) is 4.57. The molecule has 14 nitrogen and oxygen atoms in total. The molecular formula is C25H41NO13. The summed E-state index contributed by atoms with van der Waals surface area (Å²) in [4.78, 5) is 21.8. The molecule has 0 spiro atoms. The Morgan fingerprint density at radius 1 is 0.590 bits per heavy atom. The van der Waals surface area contributed by atoms with Gasteiger partial charge in [-0.15, -0.1) is 0 Å². The standard InChI is InChI=1S/C25H41NO13/c27-6-8-32-10-12-34-14-16-36-18-20-38-22-21-37-19-17-35-15-13-33-11-9-31-7-5-25(28)39-24-3-1-23(2-4-24)26(29)30/h1-4,27H,5-22H2. The van der Waals surface area contributed by atoms with E-state index >= 15 is 0 Å². The van der Waals surface area contributed by atoms with Crippen molar-refractivity contribution in [2.45, 2.75) is 6.42 Å². The number of carbonyl (C=O) groups excluding carboxylic acids is 1. The molecule has 0 aliphatic carbocycles. The lowest BCUT2D eigenvalue weighted by Crippen LogP contribution is -2.15. The molecular weight excluding hydrogens is 522 g/mol. The number of carbonyl (C=O) groups is 1. The molecule has 1 N–H and O–H groups in total. The Labute approximate surface area is 228 Å². The summed E-state index contributed by atoms with van der Waals surface area (Å²) < 4.78 is 47.7. The minimum atomic E-state index is -0.525. The molecule has 0 amide bonds. The van der Waals surface area contributed by atoms with Crippen LogP contribution in [-0.2, 0) is 42.7 Å². The van der Waals surface area contributed by atoms with Crippen LogP contribution in [0.2, 0.25) is 0 Å². The molecule has 0 radical (unpaired) electrons. The number of esters is 1. The molecule has 39 heavy (non-hydrogen) atoms. The maximum absolute atomic E-state index is 11.7. The Morgan fingerprint density at radius 2 is 0.923 bits per heavy atom. The summed E-state index contributed by atoms with van der Waals surface area (Å²) in [6, 6.07) is 5.27. The van der Waals surface area contributed by atoms with Gasteiger partial charge in [0.1, 0.15) is 5.75 Å². The lowest BCUT2D eigenvalue weighted by molar-refractivity contribution is -0.384. The number of ether oxygens (including phenoxy) is 9. The fourth-order valence-electron chi connectivity index (χ4n) is 2.68. The number of aliphatic hydroxyl groups is 1. The van der Waals surface area contributed by atoms with Crippen LogP contribution in [0.3, 0.4) is 0 Å². The van der Waals surface area contributed by atoms with Crippen LogP contribution in [0.15, 0.2) is 24.3 Å². The molecule has 0 heterocycles. The Morgan fingerprint density at radius 3 is 1.26 bits per heavy atom. The van der Waals surface area contributed by atoms with Crippen LogP contribution in [-0.4, -0.2) is 128 Å². The van der Waals surface area contributed by atoms with Crippen molar-refractivity contribution in [3.8, 4) is 5.75 Å². The van der Waals surface area contributed by atoms with Crippen molar-refractivity contribution in [2.24, 2.45) is 0 Å². The van der Waals surface area contributed by atoms with Gasteiger partial charge in [-0.25, -0.2) is 0 Å². The quantitative estimate of drug-likeness (QED) is 0.0506. The first-order valence-corrected chi connectivity index (χ1v) is 12.8. The van der Waals surface area contributed by atoms with E-state index in [1.807, 2.05) is 0 Å². The van der Waals surface area contributed by atoms with Gasteiger partial charge in [0.05, 0.1) is 124 Å². The molecule has 0 unspecified atom stereocenters. The first-order chi connectivity index (χ1) is 19.1. The van der Waals surface area contributed by atoms with E-state index in [0.29, 0.717) is 99.1 Å². The number of nitro benzene ring substituents is 1. The summed E-state index contributed by atoms with van der Waals surface area (Å²) in [5.41, 5.74) is -0.0749. The summed E-state index contributed by atoms with van der Waals surface area (Å²) in [5, 5.41) is 19.2. The number of nitro groups is 1. The predicted molar refractivity (Wildman–Crippen MR) is 137 cm³/mol. The van der Waals surface area contributed by atoms with Crippen LogP contribution >= 0.6 is 0 Å². The molecule has 1 aromatic rings. The number of non-ortho nitro benzene ring substituents is 1. The smallest absolute Gasteiger partial charge is 0.313 e. The van der Waals surface area contributed by atoms with E-state index in [-0.39, 0.29) is 31.1 Å². The molecule has 224 valence electrons. The van der Waals surface area contributed by atoms with E-state index in [9.17, 15) is 14.9 Å². The van der Waals surface area contributed by atoms with Gasteiger partial charge < -0.3 is 47.7 Å². The number of hydrogen-bond donors (Lipinski definition) is 1. The zero-order chi connectivity index (χ0) is 28.2. The summed E-state index contributed by atoms with van der Waals surface area (Å²) in [6.07, 6.45) is 0.0542. The number of nitrogens with zero attached hydrogens (tertiary/aromatic N) is 1. The molecule has 0 aliphatic rings. The zero-order valence-corrected chi connectivity index (χ0v) is 22.3. The Balaban J connectivity index is 1.73. The third-order valence-electron chi connectivity index (χ3n) is 4.57. The summed E-state index contributed by atoms with van der Waals surface area (Å²) in [7, 11) is 0. The van der Waals surface area contributed by atoms with E-state index < -0.39 is 10.9 Å². The molecule has 1 aromatic carbocycles. The van der Waals surface area contributed by atoms with E-state index in [2.05, 4.69) is 0 Å². The van der Waals surface area contributed by atoms with Crippen molar-refractivity contribution >= 4 is 11.7 Å². The number of aliphatic hydroxyl groups excluding tert-OH is 1. The number of hydrogen-bond acceptors (Lipinski definition) is 13. The lowest BCUT2D eigenvalue weighted by atomic mass is 10.3. The van der Waals surface area contributed by atoms with Gasteiger partial charge in [-0.1, -0.05) is 0 Å². The van der Waals surface area contributed by atoms with Crippen LogP contribution in [0, 0.1) is 10.1 Å². The highest BCUT2D eigenvalue weighted by Crippen LogP contribution is 2.17. The Bertz CT molecular complexity index is 720. The largest absolute Gasteiger partial charge is 0.426 e. The molecule has 1 rings (SSSR count). The van der Waals surface area contributed by atoms with Crippen molar-refractivity contribution in [2.75, 3.05) is 112 Å². The maximum atomic E-state index is 11.7. The molecule has 0 saturated carbocycles. The van der Waals surface area contributed by atoms with Crippen LogP contribution in [0.1, 0.15) is 6.42 Å². The lowest BCUT2D eigenvalue weighted by Gasteiger charge is -2.08. The van der Waals surface area contributed by atoms with Crippen molar-refractivity contribution in [1.82, 2.24) is 0 Å². The second-order valence-electron chi connectivity index (χ2n) is 7.60. The highest BCUT2D eigenvalue weighted by atomic mass is 16.6. The maximum Gasteiger partial charge on any atom is 0.313 e. The van der Waals surface area contributed by atoms with Gasteiger partial charge in [0.15, 0.2) is 0 Å². The first kappa shape index (κ1) is 34.8. The van der Waals surface area contributed by atoms with Crippen LogP contribution in [0.4, 0.5) is 5.69 Å². The highest BCUT2D eigenvalue weighted by molar-refractivity contribution is 5.72. The average Bonchev–Trinajstić information content (AvgIpc) is 2.93. The monoisotopic (exact) mass is 563 g/mol.